The van der Waals surface area contributed by atoms with Crippen molar-refractivity contribution in [1.82, 2.24) is 4.90 Å². The number of piperidine rings is 1. The van der Waals surface area contributed by atoms with Gasteiger partial charge >= 0.3 is 18.0 Å². The second-order valence-electron chi connectivity index (χ2n) is 8.47. The van der Waals surface area contributed by atoms with Gasteiger partial charge in [0.15, 0.2) is 0 Å². The van der Waals surface area contributed by atoms with Crippen LogP contribution >= 0.6 is 0 Å². The number of esters is 2. The van der Waals surface area contributed by atoms with Gasteiger partial charge in [0.25, 0.3) is 5.69 Å². The van der Waals surface area contributed by atoms with Crippen molar-refractivity contribution in [3.05, 3.63) is 52.1 Å². The van der Waals surface area contributed by atoms with Gasteiger partial charge < -0.3 is 23.8 Å². The summed E-state index contributed by atoms with van der Waals surface area (Å²) in [5.41, 5.74) is 0.504. The third-order valence-electron chi connectivity index (χ3n) is 5.36. The van der Waals surface area contributed by atoms with Gasteiger partial charge in [0, 0.05) is 24.7 Å². The first-order valence-corrected chi connectivity index (χ1v) is 11.4. The summed E-state index contributed by atoms with van der Waals surface area (Å²) in [7, 11) is 0. The highest BCUT2D eigenvalue weighted by molar-refractivity contribution is 5.87. The van der Waals surface area contributed by atoms with Gasteiger partial charge in [-0.05, 0) is 39.7 Å². The van der Waals surface area contributed by atoms with Gasteiger partial charge in [-0.1, -0.05) is 18.7 Å². The van der Waals surface area contributed by atoms with E-state index in [1.54, 1.807) is 32.9 Å². The standard InChI is InChI=1S/C24H32N2O9/c1-16(2)22(27)35-18(4)14-32-17(3)13-33-23(28)19-9-11-25(12-10-19)24(29)34-15-20-7-5-6-8-21(20)26(30)31/h5-8,17-19H,1,9-15H2,2-4H3. The lowest BCUT2D eigenvalue weighted by Crippen LogP contribution is -2.41. The number of carbonyl (C=O) groups is 3. The van der Waals surface area contributed by atoms with Crippen molar-refractivity contribution in [3.8, 4) is 0 Å². The molecule has 1 amide bonds. The van der Waals surface area contributed by atoms with Gasteiger partial charge in [0.2, 0.25) is 0 Å². The Morgan fingerprint density at radius 1 is 1.11 bits per heavy atom. The molecule has 1 heterocycles. The molecule has 1 fully saturated rings. The number of carbonyl (C=O) groups excluding carboxylic acids is 3. The molecule has 2 rings (SSSR count). The fourth-order valence-corrected chi connectivity index (χ4v) is 3.32. The smallest absolute Gasteiger partial charge is 0.410 e. The number of para-hydroxylation sites is 1. The van der Waals surface area contributed by atoms with Gasteiger partial charge in [-0.3, -0.25) is 14.9 Å². The number of nitro benzene ring substituents is 1. The number of hydrogen-bond acceptors (Lipinski definition) is 9. The maximum Gasteiger partial charge on any atom is 0.410 e. The average molecular weight is 493 g/mol. The van der Waals surface area contributed by atoms with Gasteiger partial charge in [0.05, 0.1) is 29.1 Å². The predicted molar refractivity (Wildman–Crippen MR) is 124 cm³/mol. The minimum Gasteiger partial charge on any atom is -0.463 e. The SMILES string of the molecule is C=C(C)C(=O)OC(C)COC(C)COC(=O)C1CCN(C(=O)OCc2ccccc2[N+](=O)[O-])CC1. The zero-order chi connectivity index (χ0) is 26.0. The molecule has 11 heteroatoms. The Morgan fingerprint density at radius 2 is 1.77 bits per heavy atom. The summed E-state index contributed by atoms with van der Waals surface area (Å²) >= 11 is 0. The second kappa shape index (κ2) is 13.4. The summed E-state index contributed by atoms with van der Waals surface area (Å²) in [4.78, 5) is 48.2. The second-order valence-corrected chi connectivity index (χ2v) is 8.47. The molecule has 0 saturated carbocycles. The third-order valence-corrected chi connectivity index (χ3v) is 5.36. The molecular formula is C24H32N2O9. The molecule has 35 heavy (non-hydrogen) atoms. The molecule has 11 nitrogen and oxygen atoms in total. The van der Waals surface area contributed by atoms with Crippen LogP contribution < -0.4 is 0 Å². The Labute approximate surface area is 204 Å². The Kier molecular flexibility index (Phi) is 10.7. The zero-order valence-electron chi connectivity index (χ0n) is 20.3. The minimum absolute atomic E-state index is 0.0537. The Balaban J connectivity index is 1.68. The summed E-state index contributed by atoms with van der Waals surface area (Å²) < 4.78 is 21.3. The number of amides is 1. The maximum absolute atomic E-state index is 12.4. The first-order valence-electron chi connectivity index (χ1n) is 11.4. The molecule has 1 aromatic carbocycles. The summed E-state index contributed by atoms with van der Waals surface area (Å²) in [6.45, 7) is 9.15. The molecule has 1 aromatic rings. The van der Waals surface area contributed by atoms with Crippen LogP contribution in [0, 0.1) is 16.0 Å². The van der Waals surface area contributed by atoms with Crippen molar-refractivity contribution in [2.45, 2.75) is 52.4 Å². The highest BCUT2D eigenvalue weighted by atomic mass is 16.6. The number of nitrogens with zero attached hydrogens (tertiary/aromatic N) is 2. The molecule has 0 N–H and O–H groups in total. The van der Waals surface area contributed by atoms with E-state index < -0.39 is 23.1 Å². The third kappa shape index (κ3) is 9.01. The summed E-state index contributed by atoms with van der Waals surface area (Å²) in [6.07, 6.45) is -0.597. The van der Waals surface area contributed by atoms with Crippen molar-refractivity contribution in [1.29, 1.82) is 0 Å². The Bertz CT molecular complexity index is 925. The van der Waals surface area contributed by atoms with E-state index in [4.69, 9.17) is 18.9 Å². The predicted octanol–water partition coefficient (Wildman–Crippen LogP) is 3.40. The Morgan fingerprint density at radius 3 is 2.40 bits per heavy atom. The van der Waals surface area contributed by atoms with Crippen LogP contribution in [0.5, 0.6) is 0 Å². The molecule has 1 aliphatic rings. The summed E-state index contributed by atoms with van der Waals surface area (Å²) in [5.74, 6) is -1.20. The lowest BCUT2D eigenvalue weighted by Gasteiger charge is -2.30. The van der Waals surface area contributed by atoms with Gasteiger partial charge in [0.1, 0.15) is 19.3 Å². The quantitative estimate of drug-likeness (QED) is 0.150. The molecule has 0 spiro atoms. The van der Waals surface area contributed by atoms with E-state index in [9.17, 15) is 24.5 Å². The first kappa shape index (κ1) is 27.8. The highest BCUT2D eigenvalue weighted by Crippen LogP contribution is 2.22. The van der Waals surface area contributed by atoms with Crippen molar-refractivity contribution in [2.24, 2.45) is 5.92 Å². The first-order chi connectivity index (χ1) is 16.6. The summed E-state index contributed by atoms with van der Waals surface area (Å²) in [5, 5.41) is 11.1. The normalized spacial score (nSPS) is 15.6. The van der Waals surface area contributed by atoms with Gasteiger partial charge in [-0.15, -0.1) is 0 Å². The molecular weight excluding hydrogens is 460 g/mol. The molecule has 2 unspecified atom stereocenters. The van der Waals surface area contributed by atoms with E-state index in [0.717, 1.165) is 0 Å². The van der Waals surface area contributed by atoms with Crippen LogP contribution in [0.3, 0.4) is 0 Å². The number of hydrogen-bond donors (Lipinski definition) is 0. The van der Waals surface area contributed by atoms with E-state index in [1.165, 1.54) is 17.0 Å². The monoisotopic (exact) mass is 492 g/mol. The van der Waals surface area contributed by atoms with Gasteiger partial charge in [-0.25, -0.2) is 9.59 Å². The van der Waals surface area contributed by atoms with Crippen molar-refractivity contribution in [2.75, 3.05) is 26.3 Å². The summed E-state index contributed by atoms with van der Waals surface area (Å²) in [6, 6.07) is 6.07. The molecule has 0 bridgehead atoms. The topological polar surface area (TPSA) is 135 Å². The van der Waals surface area contributed by atoms with E-state index in [1.807, 2.05) is 0 Å². The number of likely N-dealkylation sites (tertiary alicyclic amines) is 1. The van der Waals surface area contributed by atoms with Gasteiger partial charge in [-0.2, -0.15) is 0 Å². The molecule has 0 radical (unpaired) electrons. The largest absolute Gasteiger partial charge is 0.463 e. The number of rotatable bonds is 11. The lowest BCUT2D eigenvalue weighted by molar-refractivity contribution is -0.385. The Hall–Kier alpha value is -3.47. The van der Waals surface area contributed by atoms with Crippen LogP contribution in [-0.4, -0.2) is 66.4 Å². The molecule has 0 aromatic heterocycles. The van der Waals surface area contributed by atoms with Crippen LogP contribution in [0.25, 0.3) is 0 Å². The molecule has 1 aliphatic heterocycles. The van der Waals surface area contributed by atoms with Crippen molar-refractivity contribution >= 4 is 23.7 Å². The van der Waals surface area contributed by atoms with Crippen LogP contribution in [-0.2, 0) is 35.1 Å². The van der Waals surface area contributed by atoms with Crippen LogP contribution in [0.1, 0.15) is 39.2 Å². The number of benzene rings is 1. The van der Waals surface area contributed by atoms with E-state index in [2.05, 4.69) is 6.58 Å². The number of nitro groups is 1. The minimum atomic E-state index is -0.585. The number of ether oxygens (including phenoxy) is 4. The van der Waals surface area contributed by atoms with Crippen LogP contribution in [0.15, 0.2) is 36.4 Å². The average Bonchev–Trinajstić information content (AvgIpc) is 2.84. The van der Waals surface area contributed by atoms with Crippen LogP contribution in [0.2, 0.25) is 0 Å². The van der Waals surface area contributed by atoms with E-state index in [-0.39, 0.29) is 43.5 Å². The fourth-order valence-electron chi connectivity index (χ4n) is 3.32. The molecule has 0 aliphatic carbocycles. The zero-order valence-corrected chi connectivity index (χ0v) is 20.3. The molecule has 192 valence electrons. The maximum atomic E-state index is 12.4. The lowest BCUT2D eigenvalue weighted by atomic mass is 9.97. The van der Waals surface area contributed by atoms with Crippen molar-refractivity contribution < 1.29 is 38.3 Å². The van der Waals surface area contributed by atoms with E-state index >= 15 is 0 Å². The molecule has 1 saturated heterocycles. The highest BCUT2D eigenvalue weighted by Gasteiger charge is 2.29. The fraction of sp³-hybridized carbons (Fsp3) is 0.542. The molecule has 2 atom stereocenters. The van der Waals surface area contributed by atoms with Crippen molar-refractivity contribution in [3.63, 3.8) is 0 Å². The van der Waals surface area contributed by atoms with Crippen LogP contribution in [0.4, 0.5) is 10.5 Å². The van der Waals surface area contributed by atoms with E-state index in [0.29, 0.717) is 37.1 Å².